The van der Waals surface area contributed by atoms with Crippen LogP contribution in [0, 0.1) is 17.0 Å². The Morgan fingerprint density at radius 2 is 1.84 bits per heavy atom. The number of anilines is 1. The number of aryl methyl sites for hydroxylation is 1. The largest absolute Gasteiger partial charge is 0.345 e. The standard InChI is InChI=1S/C21H22N4O4S2/c1-16-5-2-3-6-17(16)13-18-15-30-21(22-18)23-9-11-24(12-10-23)31(28,29)20-8-4-7-19(14-20)25(26)27/h2-8,14-15H,9-13H2,1H3. The third-order valence-electron chi connectivity index (χ3n) is 5.35. The smallest absolute Gasteiger partial charge is 0.270 e. The molecule has 4 rings (SSSR count). The zero-order chi connectivity index (χ0) is 22.0. The molecule has 10 heteroatoms. The molecule has 1 aliphatic rings. The number of rotatable bonds is 6. The van der Waals surface area contributed by atoms with Crippen molar-refractivity contribution in [1.82, 2.24) is 9.29 Å². The van der Waals surface area contributed by atoms with Gasteiger partial charge in [0.1, 0.15) is 0 Å². The van der Waals surface area contributed by atoms with Crippen molar-refractivity contribution < 1.29 is 13.3 Å². The fourth-order valence-electron chi connectivity index (χ4n) is 3.55. The number of hydrogen-bond acceptors (Lipinski definition) is 7. The molecule has 0 amide bonds. The molecule has 2 aromatic carbocycles. The number of non-ortho nitro benzene ring substituents is 1. The number of nitro benzene ring substituents is 1. The van der Waals surface area contributed by atoms with E-state index in [2.05, 4.69) is 24.0 Å². The van der Waals surface area contributed by atoms with E-state index in [9.17, 15) is 18.5 Å². The molecule has 1 fully saturated rings. The van der Waals surface area contributed by atoms with Gasteiger partial charge in [-0.2, -0.15) is 4.31 Å². The van der Waals surface area contributed by atoms with Crippen molar-refractivity contribution in [3.63, 3.8) is 0 Å². The van der Waals surface area contributed by atoms with Crippen molar-refractivity contribution >= 4 is 32.2 Å². The fourth-order valence-corrected chi connectivity index (χ4v) is 5.89. The van der Waals surface area contributed by atoms with Gasteiger partial charge in [-0.1, -0.05) is 30.3 Å². The van der Waals surface area contributed by atoms with Gasteiger partial charge in [0.15, 0.2) is 5.13 Å². The summed E-state index contributed by atoms with van der Waals surface area (Å²) >= 11 is 1.56. The number of aromatic nitrogens is 1. The first-order valence-electron chi connectivity index (χ1n) is 9.83. The highest BCUT2D eigenvalue weighted by Gasteiger charge is 2.30. The van der Waals surface area contributed by atoms with Crippen molar-refractivity contribution in [2.24, 2.45) is 0 Å². The van der Waals surface area contributed by atoms with Crippen LogP contribution in [0.5, 0.6) is 0 Å². The zero-order valence-electron chi connectivity index (χ0n) is 17.0. The Morgan fingerprint density at radius 3 is 2.55 bits per heavy atom. The monoisotopic (exact) mass is 458 g/mol. The first-order chi connectivity index (χ1) is 14.8. The van der Waals surface area contributed by atoms with Crippen LogP contribution in [0.2, 0.25) is 0 Å². The van der Waals surface area contributed by atoms with E-state index in [0.29, 0.717) is 26.2 Å². The lowest BCUT2D eigenvalue weighted by Gasteiger charge is -2.33. The van der Waals surface area contributed by atoms with Crippen LogP contribution < -0.4 is 4.90 Å². The SMILES string of the molecule is Cc1ccccc1Cc1csc(N2CCN(S(=O)(=O)c3cccc([N+](=O)[O-])c3)CC2)n1. The number of benzene rings is 2. The van der Waals surface area contributed by atoms with Gasteiger partial charge >= 0.3 is 0 Å². The van der Waals surface area contributed by atoms with Crippen LogP contribution >= 0.6 is 11.3 Å². The van der Waals surface area contributed by atoms with Crippen molar-refractivity contribution in [2.45, 2.75) is 18.2 Å². The maximum Gasteiger partial charge on any atom is 0.270 e. The van der Waals surface area contributed by atoms with E-state index in [0.717, 1.165) is 23.3 Å². The number of nitrogens with zero attached hydrogens (tertiary/aromatic N) is 4. The summed E-state index contributed by atoms with van der Waals surface area (Å²) in [5.41, 5.74) is 3.24. The zero-order valence-corrected chi connectivity index (χ0v) is 18.6. The summed E-state index contributed by atoms with van der Waals surface area (Å²) in [6, 6.07) is 13.4. The maximum absolute atomic E-state index is 12.9. The highest BCUT2D eigenvalue weighted by molar-refractivity contribution is 7.89. The Hall–Kier alpha value is -2.82. The fraction of sp³-hybridized carbons (Fsp3) is 0.286. The summed E-state index contributed by atoms with van der Waals surface area (Å²) in [6.45, 7) is 3.73. The highest BCUT2D eigenvalue weighted by Crippen LogP contribution is 2.26. The van der Waals surface area contributed by atoms with Crippen molar-refractivity contribution in [1.29, 1.82) is 0 Å². The van der Waals surface area contributed by atoms with Crippen LogP contribution in [0.15, 0.2) is 58.8 Å². The molecule has 0 radical (unpaired) electrons. The highest BCUT2D eigenvalue weighted by atomic mass is 32.2. The molecule has 1 aliphatic heterocycles. The molecular weight excluding hydrogens is 436 g/mol. The predicted octanol–water partition coefficient (Wildman–Crippen LogP) is 3.46. The van der Waals surface area contributed by atoms with Gasteiger partial charge in [0.25, 0.3) is 5.69 Å². The minimum atomic E-state index is -3.78. The molecule has 0 spiro atoms. The molecule has 0 bridgehead atoms. The second-order valence-electron chi connectivity index (χ2n) is 7.37. The molecule has 31 heavy (non-hydrogen) atoms. The second-order valence-corrected chi connectivity index (χ2v) is 10.1. The Labute approximate surface area is 185 Å². The molecule has 162 valence electrons. The molecule has 2 heterocycles. The van der Waals surface area contributed by atoms with Crippen LogP contribution in [0.4, 0.5) is 10.8 Å². The Kier molecular flexibility index (Phi) is 6.03. The van der Waals surface area contributed by atoms with E-state index in [1.54, 1.807) is 11.3 Å². The lowest BCUT2D eigenvalue weighted by atomic mass is 10.1. The van der Waals surface area contributed by atoms with E-state index in [1.165, 1.54) is 33.6 Å². The normalized spacial score (nSPS) is 15.2. The lowest BCUT2D eigenvalue weighted by Crippen LogP contribution is -2.48. The topological polar surface area (TPSA) is 96.7 Å². The van der Waals surface area contributed by atoms with E-state index in [-0.39, 0.29) is 10.6 Å². The quantitative estimate of drug-likeness (QED) is 0.415. The van der Waals surface area contributed by atoms with Gasteiger partial charge < -0.3 is 4.90 Å². The van der Waals surface area contributed by atoms with Crippen molar-refractivity contribution in [2.75, 3.05) is 31.1 Å². The summed E-state index contributed by atoms with van der Waals surface area (Å²) < 4.78 is 27.2. The van der Waals surface area contributed by atoms with Crippen molar-refractivity contribution in [3.05, 3.63) is 80.8 Å². The summed E-state index contributed by atoms with van der Waals surface area (Å²) in [6.07, 6.45) is 0.768. The van der Waals surface area contributed by atoms with Gasteiger partial charge in [0.2, 0.25) is 10.0 Å². The van der Waals surface area contributed by atoms with Crippen LogP contribution in [0.1, 0.15) is 16.8 Å². The van der Waals surface area contributed by atoms with E-state index >= 15 is 0 Å². The number of nitro groups is 1. The average Bonchev–Trinajstić information content (AvgIpc) is 3.24. The first-order valence-corrected chi connectivity index (χ1v) is 12.1. The van der Waals surface area contributed by atoms with Crippen LogP contribution in [-0.4, -0.2) is 48.8 Å². The number of hydrogen-bond donors (Lipinski definition) is 0. The minimum Gasteiger partial charge on any atom is -0.345 e. The van der Waals surface area contributed by atoms with Gasteiger partial charge in [-0.05, 0) is 24.1 Å². The van der Waals surface area contributed by atoms with E-state index in [4.69, 9.17) is 4.98 Å². The third kappa shape index (κ3) is 4.60. The number of sulfonamides is 1. The van der Waals surface area contributed by atoms with Crippen LogP contribution in [0.25, 0.3) is 0 Å². The second kappa shape index (κ2) is 8.74. The number of piperazine rings is 1. The summed E-state index contributed by atoms with van der Waals surface area (Å²) in [4.78, 5) is 17.2. The molecular formula is C21H22N4O4S2. The summed E-state index contributed by atoms with van der Waals surface area (Å²) in [5.74, 6) is 0. The van der Waals surface area contributed by atoms with Gasteiger partial charge in [0.05, 0.1) is 15.5 Å². The average molecular weight is 459 g/mol. The van der Waals surface area contributed by atoms with Gasteiger partial charge in [-0.25, -0.2) is 13.4 Å². The van der Waals surface area contributed by atoms with E-state index < -0.39 is 14.9 Å². The summed E-state index contributed by atoms with van der Waals surface area (Å²) in [7, 11) is -3.78. The predicted molar refractivity (Wildman–Crippen MR) is 120 cm³/mol. The molecule has 0 N–H and O–H groups in total. The van der Waals surface area contributed by atoms with Gasteiger partial charge in [-0.3, -0.25) is 10.1 Å². The number of thiazole rings is 1. The maximum atomic E-state index is 12.9. The van der Waals surface area contributed by atoms with Gasteiger partial charge in [0, 0.05) is 50.1 Å². The summed E-state index contributed by atoms with van der Waals surface area (Å²) in [5, 5.41) is 13.9. The molecule has 1 aromatic heterocycles. The third-order valence-corrected chi connectivity index (χ3v) is 8.19. The first kappa shape index (κ1) is 21.4. The molecule has 3 aromatic rings. The molecule has 0 aliphatic carbocycles. The molecule has 0 saturated carbocycles. The van der Waals surface area contributed by atoms with Gasteiger partial charge in [-0.15, -0.1) is 11.3 Å². The Bertz CT molecular complexity index is 1200. The Morgan fingerprint density at radius 1 is 1.10 bits per heavy atom. The van der Waals surface area contributed by atoms with Crippen LogP contribution in [-0.2, 0) is 16.4 Å². The molecule has 0 atom stereocenters. The molecule has 0 unspecified atom stereocenters. The van der Waals surface area contributed by atoms with Crippen molar-refractivity contribution in [3.8, 4) is 0 Å². The molecule has 8 nitrogen and oxygen atoms in total. The lowest BCUT2D eigenvalue weighted by molar-refractivity contribution is -0.385. The Balaban J connectivity index is 1.42. The molecule has 1 saturated heterocycles. The minimum absolute atomic E-state index is 0.0510. The van der Waals surface area contributed by atoms with Crippen LogP contribution in [0.3, 0.4) is 0 Å². The van der Waals surface area contributed by atoms with E-state index in [1.807, 2.05) is 17.5 Å².